The number of aromatic nitrogens is 5. The largest absolute Gasteiger partial charge is 0.480 e. The molecule has 11 nitrogen and oxygen atoms in total. The molecular formula is C28H35N7O4S. The fraction of sp³-hybridized carbons (Fsp3) is 0.464. The van der Waals surface area contributed by atoms with E-state index in [1.807, 2.05) is 30.3 Å². The number of rotatable bonds is 7. The van der Waals surface area contributed by atoms with Gasteiger partial charge in [0.05, 0.1) is 54.1 Å². The van der Waals surface area contributed by atoms with Gasteiger partial charge in [-0.25, -0.2) is 18.4 Å². The third-order valence-electron chi connectivity index (χ3n) is 8.05. The molecule has 0 radical (unpaired) electrons. The zero-order valence-electron chi connectivity index (χ0n) is 23.3. The van der Waals surface area contributed by atoms with Crippen LogP contribution in [0.5, 0.6) is 5.88 Å². The van der Waals surface area contributed by atoms with Crippen molar-refractivity contribution in [3.63, 3.8) is 0 Å². The summed E-state index contributed by atoms with van der Waals surface area (Å²) >= 11 is 0. The minimum absolute atomic E-state index is 0.268. The smallest absolute Gasteiger partial charge is 0.247 e. The Balaban J connectivity index is 1.38. The van der Waals surface area contributed by atoms with Crippen molar-refractivity contribution in [3.8, 4) is 17.1 Å². The molecule has 1 N–H and O–H groups in total. The van der Waals surface area contributed by atoms with Crippen LogP contribution in [0.25, 0.3) is 22.2 Å². The monoisotopic (exact) mass is 565 g/mol. The molecule has 2 aliphatic heterocycles. The van der Waals surface area contributed by atoms with E-state index < -0.39 is 16.1 Å². The molecule has 0 spiro atoms. The van der Waals surface area contributed by atoms with Gasteiger partial charge in [0.2, 0.25) is 15.9 Å². The minimum atomic E-state index is -3.85. The summed E-state index contributed by atoms with van der Waals surface area (Å²) in [7, 11) is -0.484. The quantitative estimate of drug-likeness (QED) is 0.363. The van der Waals surface area contributed by atoms with Crippen molar-refractivity contribution in [1.82, 2.24) is 33.9 Å². The summed E-state index contributed by atoms with van der Waals surface area (Å²) in [5, 5.41) is 5.36. The Labute approximate surface area is 234 Å². The summed E-state index contributed by atoms with van der Waals surface area (Å²) in [4.78, 5) is 15.4. The molecular weight excluding hydrogens is 530 g/mol. The SMILES string of the molecule is COc1nc2ccccc2cc1-c1cnc(C2CN(CC3CCOC3)CCN2S(=O)(=O)c2c(C)nn(C)c2C)[nH]1. The fourth-order valence-electron chi connectivity index (χ4n) is 5.93. The minimum Gasteiger partial charge on any atom is -0.480 e. The molecule has 3 aromatic heterocycles. The van der Waals surface area contributed by atoms with Crippen LogP contribution < -0.4 is 4.74 Å². The van der Waals surface area contributed by atoms with E-state index in [-0.39, 0.29) is 4.90 Å². The van der Waals surface area contributed by atoms with Gasteiger partial charge < -0.3 is 14.5 Å². The number of benzene rings is 1. The Hall–Kier alpha value is -3.32. The number of nitrogens with one attached hydrogen (secondary N) is 1. The first-order valence-corrected chi connectivity index (χ1v) is 15.0. The van der Waals surface area contributed by atoms with Crippen LogP contribution in [-0.4, -0.2) is 88.9 Å². The number of fused-ring (bicyclic) bond motifs is 1. The summed E-state index contributed by atoms with van der Waals surface area (Å²) in [6.45, 7) is 7.45. The molecule has 2 saturated heterocycles. The molecule has 2 unspecified atom stereocenters. The molecule has 212 valence electrons. The number of hydrogen-bond acceptors (Lipinski definition) is 8. The summed E-state index contributed by atoms with van der Waals surface area (Å²) < 4.78 is 42.8. The van der Waals surface area contributed by atoms with Crippen LogP contribution in [0.3, 0.4) is 0 Å². The van der Waals surface area contributed by atoms with Crippen LogP contribution in [-0.2, 0) is 21.8 Å². The number of sulfonamides is 1. The number of imidazole rings is 1. The third-order valence-corrected chi connectivity index (χ3v) is 10.2. The van der Waals surface area contributed by atoms with E-state index in [1.165, 1.54) is 0 Å². The first-order chi connectivity index (χ1) is 19.3. The second-order valence-corrected chi connectivity index (χ2v) is 12.5. The van der Waals surface area contributed by atoms with Crippen molar-refractivity contribution in [3.05, 3.63) is 53.7 Å². The first-order valence-electron chi connectivity index (χ1n) is 13.6. The number of methoxy groups -OCH3 is 1. The second kappa shape index (κ2) is 10.6. The highest BCUT2D eigenvalue weighted by atomic mass is 32.2. The van der Waals surface area contributed by atoms with Crippen molar-refractivity contribution in [1.29, 1.82) is 0 Å². The normalized spacial score (nSPS) is 20.9. The molecule has 2 fully saturated rings. The lowest BCUT2D eigenvalue weighted by atomic mass is 10.1. The number of piperazine rings is 1. The van der Waals surface area contributed by atoms with E-state index in [0.29, 0.717) is 48.6 Å². The van der Waals surface area contributed by atoms with Gasteiger partial charge in [-0.15, -0.1) is 0 Å². The first kappa shape index (κ1) is 26.9. The van der Waals surface area contributed by atoms with Crippen LogP contribution in [0, 0.1) is 19.8 Å². The predicted molar refractivity (Wildman–Crippen MR) is 151 cm³/mol. The lowest BCUT2D eigenvalue weighted by Crippen LogP contribution is -2.52. The number of H-pyrrole nitrogens is 1. The highest BCUT2D eigenvalue weighted by Gasteiger charge is 2.41. The van der Waals surface area contributed by atoms with Crippen molar-refractivity contribution in [2.45, 2.75) is 31.2 Å². The van der Waals surface area contributed by atoms with Gasteiger partial charge in [0.15, 0.2) is 0 Å². The lowest BCUT2D eigenvalue weighted by Gasteiger charge is -2.40. The summed E-state index contributed by atoms with van der Waals surface area (Å²) in [6, 6.07) is 9.36. The zero-order valence-corrected chi connectivity index (χ0v) is 24.1. The van der Waals surface area contributed by atoms with E-state index in [0.717, 1.165) is 48.3 Å². The summed E-state index contributed by atoms with van der Waals surface area (Å²) in [6.07, 6.45) is 2.76. The molecule has 2 aliphatic rings. The van der Waals surface area contributed by atoms with E-state index in [2.05, 4.69) is 20.0 Å². The highest BCUT2D eigenvalue weighted by molar-refractivity contribution is 7.89. The Morgan fingerprint density at radius 3 is 2.75 bits per heavy atom. The van der Waals surface area contributed by atoms with Gasteiger partial charge >= 0.3 is 0 Å². The number of aryl methyl sites for hydroxylation is 2. The van der Waals surface area contributed by atoms with Gasteiger partial charge in [-0.05, 0) is 38.3 Å². The molecule has 1 aromatic carbocycles. The molecule has 40 heavy (non-hydrogen) atoms. The Morgan fingerprint density at radius 1 is 1.20 bits per heavy atom. The van der Waals surface area contributed by atoms with E-state index >= 15 is 0 Å². The van der Waals surface area contributed by atoms with Gasteiger partial charge in [0, 0.05) is 45.2 Å². The van der Waals surface area contributed by atoms with Crippen LogP contribution in [0.15, 0.2) is 41.4 Å². The highest BCUT2D eigenvalue weighted by Crippen LogP contribution is 2.36. The number of ether oxygens (including phenoxy) is 2. The molecule has 4 aromatic rings. The zero-order chi connectivity index (χ0) is 28.0. The fourth-order valence-corrected chi connectivity index (χ4v) is 7.90. The van der Waals surface area contributed by atoms with Crippen LogP contribution in [0.2, 0.25) is 0 Å². The molecule has 2 atom stereocenters. The van der Waals surface area contributed by atoms with Crippen LogP contribution in [0.1, 0.15) is 29.7 Å². The van der Waals surface area contributed by atoms with Gasteiger partial charge in [-0.1, -0.05) is 18.2 Å². The van der Waals surface area contributed by atoms with Gasteiger partial charge in [0.1, 0.15) is 10.7 Å². The van der Waals surface area contributed by atoms with E-state index in [4.69, 9.17) is 14.5 Å². The predicted octanol–water partition coefficient (Wildman–Crippen LogP) is 3.07. The molecule has 5 heterocycles. The number of para-hydroxylation sites is 1. The number of aromatic amines is 1. The van der Waals surface area contributed by atoms with Gasteiger partial charge in [-0.3, -0.25) is 9.58 Å². The number of nitrogens with zero attached hydrogens (tertiary/aromatic N) is 6. The second-order valence-electron chi connectivity index (χ2n) is 10.7. The lowest BCUT2D eigenvalue weighted by molar-refractivity contribution is 0.108. The standard InChI is InChI=1S/C28H35N7O4S/c1-18-26(19(2)33(3)32-18)40(36,37)35-11-10-34(15-20-9-12-39-17-20)16-25(35)27-29-14-24(30-27)22-13-21-7-5-6-8-23(21)31-28(22)38-4/h5-8,13-14,20,25H,9-12,15-17H2,1-4H3,(H,29,30). The maximum atomic E-state index is 14.2. The summed E-state index contributed by atoms with van der Waals surface area (Å²) in [5.41, 5.74) is 3.44. The Morgan fingerprint density at radius 2 is 2.02 bits per heavy atom. The van der Waals surface area contributed by atoms with Crippen molar-refractivity contribution < 1.29 is 17.9 Å². The van der Waals surface area contributed by atoms with Crippen molar-refractivity contribution in [2.24, 2.45) is 13.0 Å². The van der Waals surface area contributed by atoms with Crippen molar-refractivity contribution >= 4 is 20.9 Å². The molecule has 0 saturated carbocycles. The Kier molecular flexibility index (Phi) is 7.11. The Bertz CT molecular complexity index is 1640. The maximum Gasteiger partial charge on any atom is 0.247 e. The van der Waals surface area contributed by atoms with Crippen LogP contribution in [0.4, 0.5) is 0 Å². The molecule has 0 amide bonds. The van der Waals surface area contributed by atoms with E-state index in [9.17, 15) is 8.42 Å². The third kappa shape index (κ3) is 4.78. The maximum absolute atomic E-state index is 14.2. The molecule has 0 aliphatic carbocycles. The topological polar surface area (TPSA) is 118 Å². The summed E-state index contributed by atoms with van der Waals surface area (Å²) in [5.74, 6) is 1.51. The van der Waals surface area contributed by atoms with Gasteiger partial charge in [-0.2, -0.15) is 9.40 Å². The van der Waals surface area contributed by atoms with Crippen molar-refractivity contribution in [2.75, 3.05) is 46.5 Å². The molecule has 6 rings (SSSR count). The molecule has 0 bridgehead atoms. The number of hydrogen-bond donors (Lipinski definition) is 1. The molecule has 12 heteroatoms. The van der Waals surface area contributed by atoms with E-state index in [1.54, 1.807) is 43.2 Å². The number of pyridine rings is 1. The van der Waals surface area contributed by atoms with Crippen LogP contribution >= 0.6 is 0 Å². The average Bonchev–Trinajstić information content (AvgIpc) is 3.69. The average molecular weight is 566 g/mol. The van der Waals surface area contributed by atoms with Gasteiger partial charge in [0.25, 0.3) is 0 Å².